The van der Waals surface area contributed by atoms with Crippen LogP contribution in [0.25, 0.3) is 10.9 Å². The molecule has 174 valence electrons. The van der Waals surface area contributed by atoms with Gasteiger partial charge in [-0.05, 0) is 71.8 Å². The molecule has 4 aromatic rings. The van der Waals surface area contributed by atoms with Crippen molar-refractivity contribution in [2.75, 3.05) is 7.11 Å². The van der Waals surface area contributed by atoms with E-state index in [1.165, 1.54) is 0 Å². The molecule has 0 unspecified atom stereocenters. The van der Waals surface area contributed by atoms with Crippen LogP contribution in [0.15, 0.2) is 77.6 Å². The molecular formula is C28H29N3O3. The van der Waals surface area contributed by atoms with Crippen molar-refractivity contribution in [1.29, 1.82) is 0 Å². The second-order valence-electron chi connectivity index (χ2n) is 8.50. The van der Waals surface area contributed by atoms with Crippen molar-refractivity contribution in [3.63, 3.8) is 0 Å². The average molecular weight is 456 g/mol. The van der Waals surface area contributed by atoms with Crippen molar-refractivity contribution in [3.8, 4) is 5.75 Å². The number of urea groups is 1. The normalized spacial score (nSPS) is 10.8. The number of amides is 2. The molecule has 0 aliphatic rings. The third-order valence-corrected chi connectivity index (χ3v) is 6.00. The van der Waals surface area contributed by atoms with E-state index in [1.54, 1.807) is 12.0 Å². The maximum atomic E-state index is 13.2. The molecule has 0 saturated carbocycles. The third kappa shape index (κ3) is 5.46. The molecule has 0 saturated heterocycles. The van der Waals surface area contributed by atoms with Crippen molar-refractivity contribution >= 4 is 16.9 Å². The Hall–Kier alpha value is -4.06. The van der Waals surface area contributed by atoms with Crippen molar-refractivity contribution in [2.45, 2.75) is 33.5 Å². The number of carbonyl (C=O) groups excluding carboxylic acids is 1. The first-order valence-corrected chi connectivity index (χ1v) is 11.3. The van der Waals surface area contributed by atoms with E-state index in [9.17, 15) is 9.59 Å². The molecule has 0 spiro atoms. The number of nitrogens with zero attached hydrogens (tertiary/aromatic N) is 1. The molecule has 0 fully saturated rings. The number of benzene rings is 3. The van der Waals surface area contributed by atoms with Gasteiger partial charge in [0.15, 0.2) is 0 Å². The number of hydrogen-bond acceptors (Lipinski definition) is 3. The van der Waals surface area contributed by atoms with E-state index < -0.39 is 0 Å². The molecule has 1 aromatic heterocycles. The first-order valence-electron chi connectivity index (χ1n) is 11.3. The zero-order chi connectivity index (χ0) is 24.1. The van der Waals surface area contributed by atoms with Gasteiger partial charge in [-0.3, -0.25) is 4.79 Å². The first kappa shape index (κ1) is 23.1. The van der Waals surface area contributed by atoms with Crippen molar-refractivity contribution < 1.29 is 9.53 Å². The molecule has 34 heavy (non-hydrogen) atoms. The lowest BCUT2D eigenvalue weighted by Crippen LogP contribution is -2.39. The Bertz CT molecular complexity index is 1350. The number of H-pyrrole nitrogens is 1. The van der Waals surface area contributed by atoms with Gasteiger partial charge < -0.3 is 19.9 Å². The Morgan fingerprint density at radius 3 is 2.32 bits per heavy atom. The van der Waals surface area contributed by atoms with E-state index in [0.29, 0.717) is 18.7 Å². The number of ether oxygens (including phenoxy) is 1. The Labute approximate surface area is 199 Å². The van der Waals surface area contributed by atoms with Crippen LogP contribution in [0.3, 0.4) is 0 Å². The van der Waals surface area contributed by atoms with Crippen LogP contribution in [0.5, 0.6) is 5.75 Å². The van der Waals surface area contributed by atoms with Crippen LogP contribution in [0.2, 0.25) is 0 Å². The summed E-state index contributed by atoms with van der Waals surface area (Å²) in [5.41, 5.74) is 5.38. The Balaban J connectivity index is 1.61. The first-order chi connectivity index (χ1) is 16.4. The highest BCUT2D eigenvalue weighted by Crippen LogP contribution is 2.19. The summed E-state index contributed by atoms with van der Waals surface area (Å²) >= 11 is 0. The number of pyridine rings is 1. The summed E-state index contributed by atoms with van der Waals surface area (Å²) in [6.07, 6.45) is 0. The lowest BCUT2D eigenvalue weighted by molar-refractivity contribution is 0.191. The molecule has 0 aliphatic heterocycles. The van der Waals surface area contributed by atoms with E-state index >= 15 is 0 Å². The van der Waals surface area contributed by atoms with Crippen molar-refractivity contribution in [3.05, 3.63) is 111 Å². The Morgan fingerprint density at radius 1 is 0.912 bits per heavy atom. The molecule has 1 heterocycles. The topological polar surface area (TPSA) is 74.4 Å². The van der Waals surface area contributed by atoms with E-state index in [0.717, 1.165) is 38.9 Å². The molecule has 2 amide bonds. The lowest BCUT2D eigenvalue weighted by Gasteiger charge is -2.23. The molecule has 0 bridgehead atoms. The molecular weight excluding hydrogens is 426 g/mol. The van der Waals surface area contributed by atoms with Crippen LogP contribution >= 0.6 is 0 Å². The number of carbonyl (C=O) groups is 1. The van der Waals surface area contributed by atoms with Gasteiger partial charge in [-0.2, -0.15) is 0 Å². The monoisotopic (exact) mass is 455 g/mol. The van der Waals surface area contributed by atoms with Gasteiger partial charge in [-0.25, -0.2) is 4.79 Å². The standard InChI is InChI=1S/C28H29N3O3/c1-19-13-23-15-24(27(32)30-26(23)14-20(19)2)18-31(17-22-9-11-25(34-3)12-10-22)28(33)29-16-21-7-5-4-6-8-21/h4-15H,16-18H2,1-3H3,(H,29,33)(H,30,32). The summed E-state index contributed by atoms with van der Waals surface area (Å²) in [5.74, 6) is 0.750. The van der Waals surface area contributed by atoms with Crippen LogP contribution < -0.4 is 15.6 Å². The second-order valence-corrected chi connectivity index (χ2v) is 8.50. The number of fused-ring (bicyclic) bond motifs is 1. The minimum atomic E-state index is -0.237. The third-order valence-electron chi connectivity index (χ3n) is 6.00. The Kier molecular flexibility index (Phi) is 6.97. The number of nitrogens with one attached hydrogen (secondary N) is 2. The quantitative estimate of drug-likeness (QED) is 0.409. The summed E-state index contributed by atoms with van der Waals surface area (Å²) in [6, 6.07) is 23.0. The Morgan fingerprint density at radius 2 is 1.62 bits per heavy atom. The van der Waals surface area contributed by atoms with E-state index in [-0.39, 0.29) is 18.1 Å². The number of methoxy groups -OCH3 is 1. The van der Waals surface area contributed by atoms with Gasteiger partial charge in [-0.1, -0.05) is 42.5 Å². The maximum Gasteiger partial charge on any atom is 0.318 e. The highest BCUT2D eigenvalue weighted by atomic mass is 16.5. The van der Waals surface area contributed by atoms with E-state index in [1.807, 2.05) is 80.6 Å². The van der Waals surface area contributed by atoms with Gasteiger partial charge in [0.2, 0.25) is 0 Å². The number of aromatic amines is 1. The minimum absolute atomic E-state index is 0.185. The van der Waals surface area contributed by atoms with Gasteiger partial charge in [-0.15, -0.1) is 0 Å². The summed E-state index contributed by atoms with van der Waals surface area (Å²) in [5, 5.41) is 3.94. The summed E-state index contributed by atoms with van der Waals surface area (Å²) < 4.78 is 5.24. The summed E-state index contributed by atoms with van der Waals surface area (Å²) in [7, 11) is 1.62. The van der Waals surface area contributed by atoms with Gasteiger partial charge >= 0.3 is 6.03 Å². The fourth-order valence-corrected chi connectivity index (χ4v) is 3.88. The molecule has 3 aromatic carbocycles. The van der Waals surface area contributed by atoms with E-state index in [2.05, 4.69) is 16.4 Å². The molecule has 0 aliphatic carbocycles. The predicted molar refractivity (Wildman–Crippen MR) is 135 cm³/mol. The highest BCUT2D eigenvalue weighted by Gasteiger charge is 2.17. The maximum absolute atomic E-state index is 13.2. The van der Waals surface area contributed by atoms with Crippen molar-refractivity contribution in [2.24, 2.45) is 0 Å². The molecule has 6 nitrogen and oxygen atoms in total. The van der Waals surface area contributed by atoms with Crippen LogP contribution in [0.1, 0.15) is 27.8 Å². The molecule has 2 N–H and O–H groups in total. The fourth-order valence-electron chi connectivity index (χ4n) is 3.88. The average Bonchev–Trinajstić information content (AvgIpc) is 2.85. The molecule has 0 atom stereocenters. The summed E-state index contributed by atoms with van der Waals surface area (Å²) in [6.45, 7) is 5.02. The van der Waals surface area contributed by atoms with Gasteiger partial charge in [0.1, 0.15) is 5.75 Å². The van der Waals surface area contributed by atoms with Gasteiger partial charge in [0.25, 0.3) is 5.56 Å². The van der Waals surface area contributed by atoms with Crippen LogP contribution in [-0.4, -0.2) is 23.0 Å². The number of aryl methyl sites for hydroxylation is 2. The van der Waals surface area contributed by atoms with Crippen molar-refractivity contribution in [1.82, 2.24) is 15.2 Å². The SMILES string of the molecule is COc1ccc(CN(Cc2cc3cc(C)c(C)cc3[nH]c2=O)C(=O)NCc2ccccc2)cc1. The van der Waals surface area contributed by atoms with Crippen LogP contribution in [-0.2, 0) is 19.6 Å². The van der Waals surface area contributed by atoms with Gasteiger partial charge in [0.05, 0.1) is 13.7 Å². The smallest absolute Gasteiger partial charge is 0.318 e. The van der Waals surface area contributed by atoms with Crippen LogP contribution in [0, 0.1) is 13.8 Å². The number of rotatable bonds is 7. The highest BCUT2D eigenvalue weighted by molar-refractivity contribution is 5.81. The number of hydrogen-bond donors (Lipinski definition) is 2. The predicted octanol–water partition coefficient (Wildman–Crippen LogP) is 5.07. The van der Waals surface area contributed by atoms with E-state index in [4.69, 9.17) is 4.74 Å². The number of aromatic nitrogens is 1. The molecule has 4 rings (SSSR count). The zero-order valence-electron chi connectivity index (χ0n) is 19.7. The largest absolute Gasteiger partial charge is 0.497 e. The lowest BCUT2D eigenvalue weighted by atomic mass is 10.0. The van der Waals surface area contributed by atoms with Crippen LogP contribution in [0.4, 0.5) is 4.79 Å². The minimum Gasteiger partial charge on any atom is -0.497 e. The zero-order valence-corrected chi connectivity index (χ0v) is 19.7. The molecule has 0 radical (unpaired) electrons. The molecule has 6 heteroatoms. The summed E-state index contributed by atoms with van der Waals surface area (Å²) in [4.78, 5) is 30.7. The van der Waals surface area contributed by atoms with Gasteiger partial charge in [0, 0.05) is 24.2 Å². The second kappa shape index (κ2) is 10.3. The fraction of sp³-hybridized carbons (Fsp3) is 0.214.